The Morgan fingerprint density at radius 2 is 1.78 bits per heavy atom. The molecule has 4 rings (SSSR count). The summed E-state index contributed by atoms with van der Waals surface area (Å²) in [6, 6.07) is 10.5. The number of pyridine rings is 1. The minimum atomic E-state index is -0.973. The van der Waals surface area contributed by atoms with Crippen molar-refractivity contribution in [1.82, 2.24) is 4.98 Å². The molecule has 1 amide bonds. The van der Waals surface area contributed by atoms with E-state index in [0.717, 1.165) is 0 Å². The Balaban J connectivity index is 1.92. The molecule has 3 aromatic rings. The van der Waals surface area contributed by atoms with Crippen molar-refractivity contribution in [3.05, 3.63) is 89.9 Å². The number of ketones is 1. The number of hydrogen-bond donors (Lipinski definition) is 1. The molecule has 0 bridgehead atoms. The molecule has 134 valence electrons. The maximum absolute atomic E-state index is 13.3. The maximum Gasteiger partial charge on any atom is 0.300 e. The van der Waals surface area contributed by atoms with Crippen molar-refractivity contribution in [2.24, 2.45) is 0 Å². The third kappa shape index (κ3) is 2.79. The summed E-state index contributed by atoms with van der Waals surface area (Å²) in [5.74, 6) is -2.19. The van der Waals surface area contributed by atoms with Crippen molar-refractivity contribution >= 4 is 23.1 Å². The predicted molar refractivity (Wildman–Crippen MR) is 94.1 cm³/mol. The van der Waals surface area contributed by atoms with Crippen molar-refractivity contribution < 1.29 is 23.5 Å². The van der Waals surface area contributed by atoms with E-state index in [9.17, 15) is 19.1 Å². The lowest BCUT2D eigenvalue weighted by Crippen LogP contribution is -2.29. The highest BCUT2D eigenvalue weighted by atomic mass is 19.1. The standard InChI is InChI=1S/C20H13FN2O4/c21-13-3-5-14(6-4-13)23-17(15-2-1-11-27-15)16(19(25)20(23)26)18(24)12-7-9-22-10-8-12/h1-11,17,24H/b18-16-. The van der Waals surface area contributed by atoms with Crippen LogP contribution in [0.1, 0.15) is 17.4 Å². The first-order chi connectivity index (χ1) is 13.1. The number of aliphatic hydroxyl groups excluding tert-OH is 1. The van der Waals surface area contributed by atoms with E-state index in [1.807, 2.05) is 0 Å². The fourth-order valence-electron chi connectivity index (χ4n) is 3.08. The Kier molecular flexibility index (Phi) is 4.04. The number of carbonyl (C=O) groups excluding carboxylic acids is 2. The Bertz CT molecular complexity index is 1030. The first kappa shape index (κ1) is 16.7. The van der Waals surface area contributed by atoms with E-state index in [1.54, 1.807) is 12.1 Å². The van der Waals surface area contributed by atoms with Crippen molar-refractivity contribution in [2.75, 3.05) is 4.90 Å². The first-order valence-corrected chi connectivity index (χ1v) is 8.08. The highest BCUT2D eigenvalue weighted by molar-refractivity contribution is 6.51. The second-order valence-corrected chi connectivity index (χ2v) is 5.90. The number of halogens is 1. The molecule has 1 aliphatic rings. The number of anilines is 1. The molecule has 1 N–H and O–H groups in total. The second-order valence-electron chi connectivity index (χ2n) is 5.90. The van der Waals surface area contributed by atoms with Gasteiger partial charge in [0, 0.05) is 23.6 Å². The van der Waals surface area contributed by atoms with Gasteiger partial charge in [0.1, 0.15) is 23.4 Å². The van der Waals surface area contributed by atoms with Crippen LogP contribution in [0.3, 0.4) is 0 Å². The molecular formula is C20H13FN2O4. The van der Waals surface area contributed by atoms with Crippen LogP contribution < -0.4 is 4.90 Å². The number of amides is 1. The minimum absolute atomic E-state index is 0.106. The zero-order valence-corrected chi connectivity index (χ0v) is 13.9. The lowest BCUT2D eigenvalue weighted by Gasteiger charge is -2.23. The van der Waals surface area contributed by atoms with Crippen molar-refractivity contribution in [3.8, 4) is 0 Å². The number of hydrogen-bond acceptors (Lipinski definition) is 5. The van der Waals surface area contributed by atoms with E-state index in [0.29, 0.717) is 17.0 Å². The van der Waals surface area contributed by atoms with Gasteiger partial charge >= 0.3 is 0 Å². The van der Waals surface area contributed by atoms with E-state index >= 15 is 0 Å². The summed E-state index contributed by atoms with van der Waals surface area (Å²) in [5, 5.41) is 10.7. The third-order valence-electron chi connectivity index (χ3n) is 4.32. The van der Waals surface area contributed by atoms with Crippen molar-refractivity contribution in [2.45, 2.75) is 6.04 Å². The Morgan fingerprint density at radius 1 is 1.07 bits per heavy atom. The molecule has 0 saturated carbocycles. The summed E-state index contributed by atoms with van der Waals surface area (Å²) in [5.41, 5.74) is 0.554. The van der Waals surface area contributed by atoms with Gasteiger partial charge < -0.3 is 9.52 Å². The zero-order chi connectivity index (χ0) is 19.0. The van der Waals surface area contributed by atoms with Crippen LogP contribution >= 0.6 is 0 Å². The summed E-state index contributed by atoms with van der Waals surface area (Å²) in [7, 11) is 0. The fraction of sp³-hybridized carbons (Fsp3) is 0.0500. The van der Waals surface area contributed by atoms with Gasteiger partial charge in [-0.3, -0.25) is 19.5 Å². The number of Topliss-reactive ketones (excluding diaryl/α,β-unsaturated/α-hetero) is 1. The summed E-state index contributed by atoms with van der Waals surface area (Å²) in [6.45, 7) is 0. The highest BCUT2D eigenvalue weighted by Crippen LogP contribution is 2.42. The Labute approximate surface area is 153 Å². The minimum Gasteiger partial charge on any atom is -0.507 e. The first-order valence-electron chi connectivity index (χ1n) is 8.08. The topological polar surface area (TPSA) is 83.6 Å². The molecular weight excluding hydrogens is 351 g/mol. The molecule has 0 radical (unpaired) electrons. The lowest BCUT2D eigenvalue weighted by molar-refractivity contribution is -0.132. The Hall–Kier alpha value is -3.74. The van der Waals surface area contributed by atoms with E-state index in [4.69, 9.17) is 4.42 Å². The average Bonchev–Trinajstić information content (AvgIpc) is 3.30. The summed E-state index contributed by atoms with van der Waals surface area (Å²) >= 11 is 0. The molecule has 1 aliphatic heterocycles. The molecule has 1 saturated heterocycles. The van der Waals surface area contributed by atoms with Crippen LogP contribution in [-0.4, -0.2) is 21.8 Å². The summed E-state index contributed by atoms with van der Waals surface area (Å²) in [4.78, 5) is 30.5. The van der Waals surface area contributed by atoms with Gasteiger partial charge in [0.05, 0.1) is 11.8 Å². The molecule has 1 fully saturated rings. The van der Waals surface area contributed by atoms with Gasteiger partial charge in [-0.1, -0.05) is 0 Å². The maximum atomic E-state index is 13.3. The molecule has 0 aliphatic carbocycles. The summed E-state index contributed by atoms with van der Waals surface area (Å²) < 4.78 is 18.7. The molecule has 6 nitrogen and oxygen atoms in total. The van der Waals surface area contributed by atoms with Crippen molar-refractivity contribution in [3.63, 3.8) is 0 Å². The van der Waals surface area contributed by atoms with Gasteiger partial charge in [0.2, 0.25) is 0 Å². The van der Waals surface area contributed by atoms with Crippen LogP contribution in [0.25, 0.3) is 5.76 Å². The number of aliphatic hydroxyl groups is 1. The number of nitrogens with zero attached hydrogens (tertiary/aromatic N) is 2. The molecule has 1 aromatic carbocycles. The normalized spacial score (nSPS) is 18.9. The molecule has 2 aromatic heterocycles. The second kappa shape index (κ2) is 6.53. The third-order valence-corrected chi connectivity index (χ3v) is 4.32. The fourth-order valence-corrected chi connectivity index (χ4v) is 3.08. The van der Waals surface area contributed by atoms with Gasteiger partial charge in [-0.25, -0.2) is 4.39 Å². The Morgan fingerprint density at radius 3 is 2.41 bits per heavy atom. The molecule has 7 heteroatoms. The number of benzene rings is 1. The van der Waals surface area contributed by atoms with E-state index in [2.05, 4.69) is 4.98 Å². The molecule has 1 unspecified atom stereocenters. The van der Waals surface area contributed by atoms with Crippen molar-refractivity contribution in [1.29, 1.82) is 0 Å². The SMILES string of the molecule is O=C1C(=O)N(c2ccc(F)cc2)C(c2ccco2)/C1=C(/O)c1ccncc1. The van der Waals surface area contributed by atoms with Crippen LogP contribution in [0.15, 0.2) is 77.2 Å². The number of aromatic nitrogens is 1. The van der Waals surface area contributed by atoms with Gasteiger partial charge in [-0.15, -0.1) is 0 Å². The molecule has 3 heterocycles. The number of carbonyl (C=O) groups is 2. The van der Waals surface area contributed by atoms with Crippen LogP contribution in [0, 0.1) is 5.82 Å². The lowest BCUT2D eigenvalue weighted by atomic mass is 9.99. The van der Waals surface area contributed by atoms with Crippen LogP contribution in [0.4, 0.5) is 10.1 Å². The molecule has 1 atom stereocenters. The van der Waals surface area contributed by atoms with E-state index < -0.39 is 23.5 Å². The van der Waals surface area contributed by atoms with Crippen LogP contribution in [0.2, 0.25) is 0 Å². The van der Waals surface area contributed by atoms with Crippen LogP contribution in [0.5, 0.6) is 0 Å². The van der Waals surface area contributed by atoms with Gasteiger partial charge in [-0.05, 0) is 48.5 Å². The molecule has 27 heavy (non-hydrogen) atoms. The largest absolute Gasteiger partial charge is 0.507 e. The zero-order valence-electron chi connectivity index (χ0n) is 13.9. The molecule has 0 spiro atoms. The quantitative estimate of drug-likeness (QED) is 0.437. The smallest absolute Gasteiger partial charge is 0.300 e. The van der Waals surface area contributed by atoms with Gasteiger partial charge in [0.15, 0.2) is 0 Å². The number of rotatable bonds is 3. The van der Waals surface area contributed by atoms with E-state index in [1.165, 1.54) is 60.0 Å². The van der Waals surface area contributed by atoms with Crippen LogP contribution in [-0.2, 0) is 9.59 Å². The monoisotopic (exact) mass is 364 g/mol. The average molecular weight is 364 g/mol. The number of furan rings is 1. The van der Waals surface area contributed by atoms with Gasteiger partial charge in [0.25, 0.3) is 11.7 Å². The highest BCUT2D eigenvalue weighted by Gasteiger charge is 2.48. The summed E-state index contributed by atoms with van der Waals surface area (Å²) in [6.07, 6.45) is 4.34. The van der Waals surface area contributed by atoms with E-state index in [-0.39, 0.29) is 11.3 Å². The predicted octanol–water partition coefficient (Wildman–Crippen LogP) is 3.44. The van der Waals surface area contributed by atoms with Gasteiger partial charge in [-0.2, -0.15) is 0 Å².